The summed E-state index contributed by atoms with van der Waals surface area (Å²) in [6.07, 6.45) is 1.51. The minimum Gasteiger partial charge on any atom is -0.445 e. The number of hydrogen-bond acceptors (Lipinski definition) is 0. The van der Waals surface area contributed by atoms with Crippen LogP contribution in [0, 0.1) is 0 Å². The predicted molar refractivity (Wildman–Crippen MR) is 45.2 cm³/mol. The van der Waals surface area contributed by atoms with Crippen molar-refractivity contribution >= 4 is 18.5 Å². The van der Waals surface area contributed by atoms with Crippen molar-refractivity contribution < 1.29 is 12.9 Å². The lowest BCUT2D eigenvalue weighted by Gasteiger charge is -2.14. The Balaban J connectivity index is 3.00. The van der Waals surface area contributed by atoms with Crippen LogP contribution in [0.1, 0.15) is 5.56 Å². The van der Waals surface area contributed by atoms with Crippen LogP contribution < -0.4 is 5.46 Å². The summed E-state index contributed by atoms with van der Waals surface area (Å²) in [5.74, 6) is 0. The molecular weight excluding hydrogens is 164 g/mol. The largest absolute Gasteiger partial charge is 0.509 e. The monoisotopic (exact) mass is 171 g/mol. The van der Waals surface area contributed by atoms with Gasteiger partial charge in [0.1, 0.15) is 0 Å². The second-order valence-electron chi connectivity index (χ2n) is 2.45. The summed E-state index contributed by atoms with van der Waals surface area (Å²) >= 11 is 0. The van der Waals surface area contributed by atoms with E-state index in [2.05, 4.69) is 6.58 Å². The summed E-state index contributed by atoms with van der Waals surface area (Å²) in [6, 6.07) is 4.93. The fourth-order valence-electron chi connectivity index (χ4n) is 0.850. The fraction of sp³-hybridized carbons (Fsp3) is 0. The molecule has 0 spiro atoms. The Kier molecular flexibility index (Phi) is 2.26. The van der Waals surface area contributed by atoms with E-state index in [0.717, 1.165) is 12.1 Å². The van der Waals surface area contributed by atoms with Crippen molar-refractivity contribution in [1.29, 1.82) is 0 Å². The van der Waals surface area contributed by atoms with Crippen LogP contribution in [-0.4, -0.2) is 6.98 Å². The number of hydrogen-bond donors (Lipinski definition) is 0. The van der Waals surface area contributed by atoms with Gasteiger partial charge in [-0.1, -0.05) is 36.9 Å². The van der Waals surface area contributed by atoms with E-state index >= 15 is 0 Å². The Morgan fingerprint density at radius 1 is 1.08 bits per heavy atom. The molecule has 0 radical (unpaired) electrons. The van der Waals surface area contributed by atoms with E-state index in [9.17, 15) is 12.9 Å². The molecule has 0 nitrogen and oxygen atoms in total. The molecule has 0 aliphatic carbocycles. The van der Waals surface area contributed by atoms with E-state index in [4.69, 9.17) is 0 Å². The summed E-state index contributed by atoms with van der Waals surface area (Å²) in [6.45, 7) is -1.41. The molecular formula is C8H7BF3-. The van der Waals surface area contributed by atoms with E-state index in [1.807, 2.05) is 0 Å². The Bertz CT molecular complexity index is 273. The lowest BCUT2D eigenvalue weighted by atomic mass is 9.80. The molecule has 64 valence electrons. The number of halogens is 3. The Labute approximate surface area is 68.8 Å². The first kappa shape index (κ1) is 8.91. The van der Waals surface area contributed by atoms with Gasteiger partial charge in [-0.2, -0.15) is 0 Å². The first-order valence-electron chi connectivity index (χ1n) is 3.46. The maximum absolute atomic E-state index is 12.1. The molecule has 0 aliphatic rings. The molecule has 0 N–H and O–H groups in total. The predicted octanol–water partition coefficient (Wildman–Crippen LogP) is 2.38. The van der Waals surface area contributed by atoms with Gasteiger partial charge in [-0.25, -0.2) is 0 Å². The average molecular weight is 171 g/mol. The summed E-state index contributed by atoms with van der Waals surface area (Å²) in [7, 11) is 0. The molecule has 0 fully saturated rings. The Hall–Kier alpha value is -1.19. The standard InChI is InChI=1S/C8H7BF3/c1-2-7-3-5-8(6-4-7)9(10,11)12/h2-6H,1H2/q-1. The molecule has 0 atom stereocenters. The van der Waals surface area contributed by atoms with Crippen LogP contribution in [0.4, 0.5) is 12.9 Å². The number of rotatable bonds is 2. The average Bonchev–Trinajstić information content (AvgIpc) is 2.03. The summed E-state index contributed by atoms with van der Waals surface area (Å²) in [5.41, 5.74) is 0.124. The normalized spacial score (nSPS) is 11.2. The molecule has 0 heterocycles. The van der Waals surface area contributed by atoms with Gasteiger partial charge in [-0.3, -0.25) is 0 Å². The van der Waals surface area contributed by atoms with Crippen molar-refractivity contribution in [1.82, 2.24) is 0 Å². The molecule has 4 heteroatoms. The highest BCUT2D eigenvalue weighted by Crippen LogP contribution is 2.09. The SMILES string of the molecule is C=Cc1ccc([B-](F)(F)F)cc1. The molecule has 12 heavy (non-hydrogen) atoms. The minimum atomic E-state index is -4.86. The van der Waals surface area contributed by atoms with Gasteiger partial charge in [-0.05, 0) is 5.56 Å². The molecule has 0 bridgehead atoms. The summed E-state index contributed by atoms with van der Waals surface area (Å²) in [4.78, 5) is 0. The molecule has 0 amide bonds. The smallest absolute Gasteiger partial charge is 0.445 e. The van der Waals surface area contributed by atoms with Crippen molar-refractivity contribution in [3.63, 3.8) is 0 Å². The molecule has 1 aromatic carbocycles. The van der Waals surface area contributed by atoms with Gasteiger partial charge in [0.25, 0.3) is 0 Å². The summed E-state index contributed by atoms with van der Waals surface area (Å²) in [5, 5.41) is 0. The van der Waals surface area contributed by atoms with Gasteiger partial charge < -0.3 is 12.9 Å². The maximum Gasteiger partial charge on any atom is 0.509 e. The minimum absolute atomic E-state index is 0.569. The lowest BCUT2D eigenvalue weighted by molar-refractivity contribution is 0.501. The molecule has 0 saturated heterocycles. The van der Waals surface area contributed by atoms with Gasteiger partial charge in [0.15, 0.2) is 0 Å². The molecule has 1 rings (SSSR count). The zero-order valence-electron chi connectivity index (χ0n) is 6.31. The first-order chi connectivity index (χ1) is 5.54. The van der Waals surface area contributed by atoms with E-state index in [0.29, 0.717) is 5.56 Å². The van der Waals surface area contributed by atoms with Crippen LogP contribution in [0.15, 0.2) is 30.8 Å². The van der Waals surface area contributed by atoms with Crippen molar-refractivity contribution in [3.05, 3.63) is 36.4 Å². The lowest BCUT2D eigenvalue weighted by Crippen LogP contribution is -2.33. The van der Waals surface area contributed by atoms with Crippen molar-refractivity contribution in [2.75, 3.05) is 0 Å². The van der Waals surface area contributed by atoms with Gasteiger partial charge in [0, 0.05) is 0 Å². The van der Waals surface area contributed by atoms with Gasteiger partial charge in [0.2, 0.25) is 0 Å². The topological polar surface area (TPSA) is 0 Å². The van der Waals surface area contributed by atoms with Gasteiger partial charge in [0.05, 0.1) is 0 Å². The van der Waals surface area contributed by atoms with Crippen molar-refractivity contribution in [3.8, 4) is 0 Å². The van der Waals surface area contributed by atoms with Crippen LogP contribution in [0.2, 0.25) is 0 Å². The van der Waals surface area contributed by atoms with Crippen LogP contribution >= 0.6 is 0 Å². The Morgan fingerprint density at radius 2 is 1.58 bits per heavy atom. The van der Waals surface area contributed by atoms with E-state index in [1.165, 1.54) is 18.2 Å². The fourth-order valence-corrected chi connectivity index (χ4v) is 0.850. The van der Waals surface area contributed by atoms with Crippen LogP contribution in [0.25, 0.3) is 6.08 Å². The highest BCUT2D eigenvalue weighted by atomic mass is 19.4. The third-order valence-corrected chi connectivity index (χ3v) is 1.55. The summed E-state index contributed by atoms with van der Waals surface area (Å²) < 4.78 is 36.2. The highest BCUT2D eigenvalue weighted by Gasteiger charge is 2.24. The Morgan fingerprint density at radius 3 is 1.92 bits per heavy atom. The third kappa shape index (κ3) is 1.90. The van der Waals surface area contributed by atoms with Crippen LogP contribution in [0.3, 0.4) is 0 Å². The van der Waals surface area contributed by atoms with E-state index < -0.39 is 12.4 Å². The molecule has 1 aromatic rings. The highest BCUT2D eigenvalue weighted by molar-refractivity contribution is 6.73. The van der Waals surface area contributed by atoms with Gasteiger partial charge in [-0.15, -0.1) is 5.46 Å². The van der Waals surface area contributed by atoms with E-state index in [1.54, 1.807) is 0 Å². The molecule has 0 aliphatic heterocycles. The van der Waals surface area contributed by atoms with Crippen molar-refractivity contribution in [2.45, 2.75) is 0 Å². The first-order valence-corrected chi connectivity index (χ1v) is 3.46. The van der Waals surface area contributed by atoms with E-state index in [-0.39, 0.29) is 0 Å². The molecule has 0 unspecified atom stereocenters. The van der Waals surface area contributed by atoms with Crippen LogP contribution in [-0.2, 0) is 0 Å². The third-order valence-electron chi connectivity index (χ3n) is 1.55. The number of benzene rings is 1. The zero-order chi connectivity index (χ0) is 9.19. The quantitative estimate of drug-likeness (QED) is 0.599. The second-order valence-corrected chi connectivity index (χ2v) is 2.45. The molecule has 0 aromatic heterocycles. The van der Waals surface area contributed by atoms with Crippen LogP contribution in [0.5, 0.6) is 0 Å². The zero-order valence-corrected chi connectivity index (χ0v) is 6.31. The van der Waals surface area contributed by atoms with Gasteiger partial charge >= 0.3 is 6.98 Å². The second kappa shape index (κ2) is 3.05. The maximum atomic E-state index is 12.1. The molecule has 0 saturated carbocycles. The van der Waals surface area contributed by atoms with Crippen molar-refractivity contribution in [2.24, 2.45) is 0 Å².